The molecule has 0 spiro atoms. The van der Waals surface area contributed by atoms with E-state index >= 15 is 0 Å². The lowest BCUT2D eigenvalue weighted by atomic mass is 9.92. The topological polar surface area (TPSA) is 65.8 Å². The van der Waals surface area contributed by atoms with Crippen LogP contribution >= 0.6 is 0 Å². The maximum atomic E-state index is 12.9. The monoisotopic (exact) mass is 343 g/mol. The average molecular weight is 343 g/mol. The minimum absolute atomic E-state index is 0.00536. The van der Waals surface area contributed by atoms with Crippen molar-refractivity contribution >= 4 is 5.91 Å². The average Bonchev–Trinajstić information content (AvgIpc) is 3.32. The highest BCUT2D eigenvalue weighted by Gasteiger charge is 2.37. The quantitative estimate of drug-likeness (QED) is 0.845. The van der Waals surface area contributed by atoms with E-state index in [-0.39, 0.29) is 24.5 Å². The van der Waals surface area contributed by atoms with Gasteiger partial charge >= 0.3 is 0 Å². The number of aryl methyl sites for hydroxylation is 1. The first kappa shape index (κ1) is 16.0. The number of rotatable bonds is 4. The molecule has 7 heteroatoms. The first-order chi connectivity index (χ1) is 12.2. The van der Waals surface area contributed by atoms with Gasteiger partial charge in [0.2, 0.25) is 6.79 Å². The molecule has 2 aliphatic heterocycles. The molecule has 2 atom stereocenters. The minimum Gasteiger partial charge on any atom is -0.454 e. The predicted octanol–water partition coefficient (Wildman–Crippen LogP) is 1.65. The normalized spacial score (nSPS) is 21.8. The number of ether oxygens (including phenoxy) is 3. The maximum absolute atomic E-state index is 12.9. The van der Waals surface area contributed by atoms with Crippen LogP contribution in [0.5, 0.6) is 11.5 Å². The highest BCUT2D eigenvalue weighted by Crippen LogP contribution is 2.36. The summed E-state index contributed by atoms with van der Waals surface area (Å²) < 4.78 is 17.9. The van der Waals surface area contributed by atoms with Crippen molar-refractivity contribution in [3.8, 4) is 11.5 Å². The van der Waals surface area contributed by atoms with Gasteiger partial charge in [0, 0.05) is 50.8 Å². The molecule has 2 aromatic rings. The summed E-state index contributed by atoms with van der Waals surface area (Å²) in [6, 6.07) is 5.34. The molecular weight excluding hydrogens is 322 g/mol. The van der Waals surface area contributed by atoms with Gasteiger partial charge in [0.1, 0.15) is 0 Å². The second-order valence-electron chi connectivity index (χ2n) is 6.55. The number of carbonyl (C=O) groups is 1. The van der Waals surface area contributed by atoms with Gasteiger partial charge in [-0.15, -0.1) is 0 Å². The first-order valence-electron chi connectivity index (χ1n) is 8.32. The highest BCUT2D eigenvalue weighted by molar-refractivity contribution is 5.95. The molecule has 4 rings (SSSR count). The van der Waals surface area contributed by atoms with Crippen molar-refractivity contribution in [2.24, 2.45) is 13.0 Å². The van der Waals surface area contributed by atoms with E-state index in [4.69, 9.17) is 14.2 Å². The zero-order valence-corrected chi connectivity index (χ0v) is 14.3. The molecule has 1 aromatic carbocycles. The fourth-order valence-corrected chi connectivity index (χ4v) is 3.64. The summed E-state index contributed by atoms with van der Waals surface area (Å²) in [7, 11) is 3.60. The number of fused-ring (bicyclic) bond motifs is 1. The third kappa shape index (κ3) is 2.95. The van der Waals surface area contributed by atoms with Crippen molar-refractivity contribution in [3.05, 3.63) is 41.7 Å². The number of hydrogen-bond donors (Lipinski definition) is 0. The van der Waals surface area contributed by atoms with Gasteiger partial charge in [-0.2, -0.15) is 5.10 Å². The van der Waals surface area contributed by atoms with E-state index in [0.717, 1.165) is 5.56 Å². The van der Waals surface area contributed by atoms with Gasteiger partial charge in [-0.25, -0.2) is 0 Å². The number of hydrogen-bond acceptors (Lipinski definition) is 5. The maximum Gasteiger partial charge on any atom is 0.254 e. The van der Waals surface area contributed by atoms with E-state index in [0.29, 0.717) is 36.8 Å². The zero-order valence-electron chi connectivity index (χ0n) is 14.3. The van der Waals surface area contributed by atoms with Crippen LogP contribution in [-0.2, 0) is 11.8 Å². The SMILES string of the molecule is COC[C@@H]1CN(C(=O)c2ccc3c(c2)OCO3)C[C@H]1c1cnn(C)c1. The fraction of sp³-hybridized carbons (Fsp3) is 0.444. The van der Waals surface area contributed by atoms with Crippen LogP contribution in [0.1, 0.15) is 21.8 Å². The molecule has 0 N–H and O–H groups in total. The Morgan fingerprint density at radius 2 is 2.16 bits per heavy atom. The van der Waals surface area contributed by atoms with Gasteiger partial charge in [-0.3, -0.25) is 9.48 Å². The van der Waals surface area contributed by atoms with Gasteiger partial charge in [0.05, 0.1) is 12.8 Å². The van der Waals surface area contributed by atoms with Crippen molar-refractivity contribution in [3.63, 3.8) is 0 Å². The molecule has 1 fully saturated rings. The fourth-order valence-electron chi connectivity index (χ4n) is 3.64. The van der Waals surface area contributed by atoms with Gasteiger partial charge in [0.25, 0.3) is 5.91 Å². The molecular formula is C18H21N3O4. The summed E-state index contributed by atoms with van der Waals surface area (Å²) in [5, 5.41) is 4.27. The number of amides is 1. The van der Waals surface area contributed by atoms with Crippen molar-refractivity contribution < 1.29 is 19.0 Å². The number of methoxy groups -OCH3 is 1. The van der Waals surface area contributed by atoms with Crippen LogP contribution < -0.4 is 9.47 Å². The van der Waals surface area contributed by atoms with Crippen LogP contribution in [0, 0.1) is 5.92 Å². The lowest BCUT2D eigenvalue weighted by Gasteiger charge is -2.16. The molecule has 0 saturated carbocycles. The minimum atomic E-state index is 0.00536. The van der Waals surface area contributed by atoms with Crippen LogP contribution in [0.2, 0.25) is 0 Å². The molecule has 1 aromatic heterocycles. The molecule has 1 saturated heterocycles. The van der Waals surface area contributed by atoms with Gasteiger partial charge in [-0.05, 0) is 23.8 Å². The number of nitrogens with zero attached hydrogens (tertiary/aromatic N) is 3. The number of benzene rings is 1. The molecule has 7 nitrogen and oxygen atoms in total. The summed E-state index contributed by atoms with van der Waals surface area (Å²) in [5.74, 6) is 1.80. The van der Waals surface area contributed by atoms with E-state index in [2.05, 4.69) is 5.10 Å². The van der Waals surface area contributed by atoms with E-state index in [1.165, 1.54) is 0 Å². The van der Waals surface area contributed by atoms with Crippen molar-refractivity contribution in [2.75, 3.05) is 33.6 Å². The molecule has 132 valence electrons. The summed E-state index contributed by atoms with van der Waals surface area (Å²) in [5.41, 5.74) is 1.76. The van der Waals surface area contributed by atoms with E-state index in [1.54, 1.807) is 30.0 Å². The molecule has 2 aliphatic rings. The third-order valence-electron chi connectivity index (χ3n) is 4.88. The number of likely N-dealkylation sites (tertiary alicyclic amines) is 1. The van der Waals surface area contributed by atoms with Crippen LogP contribution in [0.25, 0.3) is 0 Å². The highest BCUT2D eigenvalue weighted by atomic mass is 16.7. The Bertz CT molecular complexity index is 788. The molecule has 25 heavy (non-hydrogen) atoms. The first-order valence-corrected chi connectivity index (χ1v) is 8.32. The molecule has 0 bridgehead atoms. The van der Waals surface area contributed by atoms with E-state index in [1.807, 2.05) is 24.3 Å². The van der Waals surface area contributed by atoms with Crippen LogP contribution in [0.15, 0.2) is 30.6 Å². The standard InChI is InChI=1S/C18H21N3O4/c1-20-7-13(6-19-20)15-9-21(8-14(15)10-23-2)18(22)12-3-4-16-17(5-12)25-11-24-16/h3-7,14-15H,8-11H2,1-2H3/t14-,15-/m0/s1. The molecule has 0 unspecified atom stereocenters. The lowest BCUT2D eigenvalue weighted by Crippen LogP contribution is -2.29. The Morgan fingerprint density at radius 1 is 1.32 bits per heavy atom. The molecule has 0 aliphatic carbocycles. The van der Waals surface area contributed by atoms with Gasteiger partial charge in [-0.1, -0.05) is 0 Å². The van der Waals surface area contributed by atoms with Crippen LogP contribution in [0.4, 0.5) is 0 Å². The van der Waals surface area contributed by atoms with Crippen LogP contribution in [-0.4, -0.2) is 54.2 Å². The van der Waals surface area contributed by atoms with Gasteiger partial charge < -0.3 is 19.1 Å². The predicted molar refractivity (Wildman–Crippen MR) is 89.8 cm³/mol. The van der Waals surface area contributed by atoms with Gasteiger partial charge in [0.15, 0.2) is 11.5 Å². The summed E-state index contributed by atoms with van der Waals surface area (Å²) >= 11 is 0. The Morgan fingerprint density at radius 3 is 2.92 bits per heavy atom. The van der Waals surface area contributed by atoms with Crippen molar-refractivity contribution in [1.82, 2.24) is 14.7 Å². The smallest absolute Gasteiger partial charge is 0.254 e. The Kier molecular flexibility index (Phi) is 4.09. The Hall–Kier alpha value is -2.54. The Balaban J connectivity index is 1.55. The third-order valence-corrected chi connectivity index (χ3v) is 4.88. The summed E-state index contributed by atoms with van der Waals surface area (Å²) in [4.78, 5) is 14.8. The number of carbonyl (C=O) groups excluding carboxylic acids is 1. The Labute approximate surface area is 146 Å². The van der Waals surface area contributed by atoms with E-state index < -0.39 is 0 Å². The molecule has 0 radical (unpaired) electrons. The van der Waals surface area contributed by atoms with E-state index in [9.17, 15) is 4.79 Å². The number of aromatic nitrogens is 2. The summed E-state index contributed by atoms with van der Waals surface area (Å²) in [6.07, 6.45) is 3.89. The zero-order chi connectivity index (χ0) is 17.4. The molecule has 1 amide bonds. The summed E-state index contributed by atoms with van der Waals surface area (Å²) in [6.45, 7) is 2.15. The second kappa shape index (κ2) is 6.40. The largest absolute Gasteiger partial charge is 0.454 e. The van der Waals surface area contributed by atoms with Crippen molar-refractivity contribution in [2.45, 2.75) is 5.92 Å². The van der Waals surface area contributed by atoms with Crippen LogP contribution in [0.3, 0.4) is 0 Å². The lowest BCUT2D eigenvalue weighted by molar-refractivity contribution is 0.0775. The molecule has 3 heterocycles. The van der Waals surface area contributed by atoms with Crippen molar-refractivity contribution in [1.29, 1.82) is 0 Å². The second-order valence-corrected chi connectivity index (χ2v) is 6.55.